The van der Waals surface area contributed by atoms with Gasteiger partial charge < -0.3 is 15.1 Å². The molecular weight excluding hydrogens is 542 g/mol. The standard InChI is InChI=1S/C32H43ClF2N6/c1-20(2)40-13-9-23(10-14-40)27-18-28-30(36-19-37-31(28)39-29(27)33)38-22(5)24-7-6-8-26(17-24)32(34,35)25-11-15-41(16-12-25)21(3)4/h6-8,17-23,25H,9-16H2,1-5H3,(H,36,37,38,39)/t22-/m1/s1. The van der Waals surface area contributed by atoms with E-state index in [1.807, 2.05) is 13.0 Å². The van der Waals surface area contributed by atoms with E-state index in [0.29, 0.717) is 60.6 Å². The Morgan fingerprint density at radius 1 is 0.902 bits per heavy atom. The van der Waals surface area contributed by atoms with Crippen molar-refractivity contribution in [2.45, 2.75) is 90.3 Å². The number of rotatable bonds is 8. The van der Waals surface area contributed by atoms with Crippen LogP contribution < -0.4 is 5.32 Å². The van der Waals surface area contributed by atoms with Gasteiger partial charge in [0.1, 0.15) is 17.3 Å². The van der Waals surface area contributed by atoms with E-state index in [0.717, 1.165) is 42.4 Å². The molecule has 9 heteroatoms. The molecule has 0 unspecified atom stereocenters. The van der Waals surface area contributed by atoms with Crippen molar-refractivity contribution in [2.24, 2.45) is 5.92 Å². The average molecular weight is 585 g/mol. The number of alkyl halides is 2. The lowest BCUT2D eigenvalue weighted by molar-refractivity contribution is -0.0876. The molecule has 0 radical (unpaired) electrons. The van der Waals surface area contributed by atoms with Crippen LogP contribution in [0.3, 0.4) is 0 Å². The van der Waals surface area contributed by atoms with Gasteiger partial charge in [-0.2, -0.15) is 0 Å². The highest BCUT2D eigenvalue weighted by atomic mass is 35.5. The molecule has 1 aromatic carbocycles. The number of likely N-dealkylation sites (tertiary alicyclic amines) is 2. The van der Waals surface area contributed by atoms with Crippen LogP contribution in [0.1, 0.15) is 89.0 Å². The number of nitrogens with one attached hydrogen (secondary N) is 1. The lowest BCUT2D eigenvalue weighted by Crippen LogP contribution is -2.42. The van der Waals surface area contributed by atoms with Crippen LogP contribution >= 0.6 is 11.6 Å². The molecule has 0 amide bonds. The van der Waals surface area contributed by atoms with Gasteiger partial charge in [0.2, 0.25) is 0 Å². The molecule has 2 aliphatic rings. The lowest BCUT2D eigenvalue weighted by Gasteiger charge is -2.38. The Kier molecular flexibility index (Phi) is 9.12. The van der Waals surface area contributed by atoms with Gasteiger partial charge in [0.25, 0.3) is 5.92 Å². The second-order valence-corrected chi connectivity index (χ2v) is 12.7. The first-order valence-corrected chi connectivity index (χ1v) is 15.5. The SMILES string of the molecule is CC(C)N1CCC(c2cc3c(N[C@H](C)c4cccc(C(F)(F)C5CCN(C(C)C)CC5)c4)ncnc3nc2Cl)CC1. The number of aromatic nitrogens is 3. The molecule has 2 aromatic heterocycles. The molecule has 2 fully saturated rings. The quantitative estimate of drug-likeness (QED) is 0.274. The van der Waals surface area contributed by atoms with Crippen LogP contribution in [-0.2, 0) is 5.92 Å². The molecule has 6 nitrogen and oxygen atoms in total. The summed E-state index contributed by atoms with van der Waals surface area (Å²) in [6, 6.07) is 9.59. The summed E-state index contributed by atoms with van der Waals surface area (Å²) in [6.45, 7) is 14.2. The first kappa shape index (κ1) is 30.1. The molecule has 2 saturated heterocycles. The van der Waals surface area contributed by atoms with Crippen molar-refractivity contribution in [2.75, 3.05) is 31.5 Å². The zero-order valence-electron chi connectivity index (χ0n) is 24.9. The molecular formula is C32H43ClF2N6. The third kappa shape index (κ3) is 6.50. The third-order valence-corrected chi connectivity index (χ3v) is 9.50. The third-order valence-electron chi connectivity index (χ3n) is 9.20. The molecule has 1 N–H and O–H groups in total. The van der Waals surface area contributed by atoms with Crippen LogP contribution in [0.5, 0.6) is 0 Å². The van der Waals surface area contributed by atoms with Crippen molar-refractivity contribution in [1.82, 2.24) is 24.8 Å². The predicted octanol–water partition coefficient (Wildman–Crippen LogP) is 7.65. The molecule has 0 spiro atoms. The average Bonchev–Trinajstić information content (AvgIpc) is 2.97. The van der Waals surface area contributed by atoms with Crippen molar-refractivity contribution < 1.29 is 8.78 Å². The van der Waals surface area contributed by atoms with Gasteiger partial charge in [-0.3, -0.25) is 0 Å². The van der Waals surface area contributed by atoms with Gasteiger partial charge in [-0.05, 0) is 116 Å². The fourth-order valence-electron chi connectivity index (χ4n) is 6.43. The summed E-state index contributed by atoms with van der Waals surface area (Å²) in [4.78, 5) is 18.3. The molecule has 0 saturated carbocycles. The number of nitrogens with zero attached hydrogens (tertiary/aromatic N) is 5. The Bertz CT molecular complexity index is 1330. The monoisotopic (exact) mass is 584 g/mol. The maximum absolute atomic E-state index is 15.7. The number of pyridine rings is 1. The summed E-state index contributed by atoms with van der Waals surface area (Å²) in [7, 11) is 0. The minimum atomic E-state index is -2.87. The topological polar surface area (TPSA) is 57.2 Å². The van der Waals surface area contributed by atoms with Crippen LogP contribution in [-0.4, -0.2) is 63.0 Å². The van der Waals surface area contributed by atoms with Crippen LogP contribution in [0.2, 0.25) is 5.15 Å². The first-order valence-electron chi connectivity index (χ1n) is 15.1. The normalized spacial score (nSPS) is 19.4. The van der Waals surface area contributed by atoms with E-state index in [9.17, 15) is 0 Å². The lowest BCUT2D eigenvalue weighted by atomic mass is 9.85. The van der Waals surface area contributed by atoms with Crippen molar-refractivity contribution >= 4 is 28.5 Å². The summed E-state index contributed by atoms with van der Waals surface area (Å²) in [5.74, 6) is -2.57. The van der Waals surface area contributed by atoms with Gasteiger partial charge in [0, 0.05) is 29.6 Å². The Labute approximate surface area is 247 Å². The smallest absolute Gasteiger partial charge is 0.276 e. The Morgan fingerprint density at radius 3 is 2.17 bits per heavy atom. The highest BCUT2D eigenvalue weighted by Gasteiger charge is 2.43. The maximum Gasteiger partial charge on any atom is 0.276 e. The minimum Gasteiger partial charge on any atom is -0.363 e. The summed E-state index contributed by atoms with van der Waals surface area (Å²) < 4.78 is 31.4. The predicted molar refractivity (Wildman–Crippen MR) is 163 cm³/mol. The van der Waals surface area contributed by atoms with Crippen LogP contribution in [0.15, 0.2) is 36.7 Å². The summed E-state index contributed by atoms with van der Waals surface area (Å²) in [5, 5.41) is 4.74. The van der Waals surface area contributed by atoms with Crippen molar-refractivity contribution in [3.8, 4) is 0 Å². The van der Waals surface area contributed by atoms with E-state index in [-0.39, 0.29) is 11.6 Å². The van der Waals surface area contributed by atoms with Gasteiger partial charge in [-0.1, -0.05) is 29.8 Å². The van der Waals surface area contributed by atoms with Gasteiger partial charge in [0.05, 0.1) is 5.39 Å². The number of halogens is 3. The van der Waals surface area contributed by atoms with E-state index in [1.54, 1.807) is 18.2 Å². The van der Waals surface area contributed by atoms with Crippen molar-refractivity contribution in [1.29, 1.82) is 0 Å². The van der Waals surface area contributed by atoms with Crippen LogP contribution in [0.25, 0.3) is 11.0 Å². The number of piperidine rings is 2. The fourth-order valence-corrected chi connectivity index (χ4v) is 6.72. The molecule has 4 heterocycles. The number of hydrogen-bond donors (Lipinski definition) is 1. The van der Waals surface area contributed by atoms with Crippen molar-refractivity contribution in [3.63, 3.8) is 0 Å². The fraction of sp³-hybridized carbons (Fsp3) is 0.594. The first-order chi connectivity index (χ1) is 19.5. The van der Waals surface area contributed by atoms with Crippen molar-refractivity contribution in [3.05, 3.63) is 58.5 Å². The molecule has 0 bridgehead atoms. The van der Waals surface area contributed by atoms with E-state index in [1.165, 1.54) is 6.33 Å². The largest absolute Gasteiger partial charge is 0.363 e. The number of fused-ring (bicyclic) bond motifs is 1. The van der Waals surface area contributed by atoms with Crippen LogP contribution in [0.4, 0.5) is 14.6 Å². The second kappa shape index (κ2) is 12.4. The van der Waals surface area contributed by atoms with Gasteiger partial charge in [-0.15, -0.1) is 0 Å². The minimum absolute atomic E-state index is 0.0858. The highest BCUT2D eigenvalue weighted by Crippen LogP contribution is 2.42. The van der Waals surface area contributed by atoms with Gasteiger partial charge in [0.15, 0.2) is 5.65 Å². The maximum atomic E-state index is 15.7. The number of hydrogen-bond acceptors (Lipinski definition) is 6. The molecule has 5 rings (SSSR count). The molecule has 41 heavy (non-hydrogen) atoms. The van der Waals surface area contributed by atoms with Crippen LogP contribution in [0, 0.1) is 5.92 Å². The summed E-state index contributed by atoms with van der Waals surface area (Å²) >= 11 is 6.66. The van der Waals surface area contributed by atoms with E-state index >= 15 is 8.78 Å². The molecule has 0 aliphatic carbocycles. The molecule has 3 aromatic rings. The van der Waals surface area contributed by atoms with E-state index in [2.05, 4.69) is 63.8 Å². The zero-order valence-corrected chi connectivity index (χ0v) is 25.6. The van der Waals surface area contributed by atoms with E-state index in [4.69, 9.17) is 11.6 Å². The van der Waals surface area contributed by atoms with Gasteiger partial charge >= 0.3 is 0 Å². The Balaban J connectivity index is 1.35. The summed E-state index contributed by atoms with van der Waals surface area (Å²) in [6.07, 6.45) is 4.52. The molecule has 1 atom stereocenters. The Morgan fingerprint density at radius 2 is 1.54 bits per heavy atom. The molecule has 222 valence electrons. The second-order valence-electron chi connectivity index (χ2n) is 12.4. The Hall–Kier alpha value is -2.42. The summed E-state index contributed by atoms with van der Waals surface area (Å²) in [5.41, 5.74) is 2.42. The van der Waals surface area contributed by atoms with Gasteiger partial charge in [-0.25, -0.2) is 23.7 Å². The molecule has 2 aliphatic heterocycles. The highest BCUT2D eigenvalue weighted by molar-refractivity contribution is 6.30. The zero-order chi connectivity index (χ0) is 29.3. The number of anilines is 1. The number of benzene rings is 1. The van der Waals surface area contributed by atoms with E-state index < -0.39 is 11.8 Å².